The van der Waals surface area contributed by atoms with Crippen LogP contribution < -0.4 is 10.6 Å². The van der Waals surface area contributed by atoms with Crippen molar-refractivity contribution < 1.29 is 14.0 Å². The number of thioether (sulfide) groups is 1. The number of nitrogens with zero attached hydrogens (tertiary/aromatic N) is 1. The molecular formula is C22H16ClN3O3S. The van der Waals surface area contributed by atoms with Gasteiger partial charge in [0.05, 0.1) is 10.6 Å². The number of carbonyl (C=O) groups excluding carboxylic acids is 2. The summed E-state index contributed by atoms with van der Waals surface area (Å²) in [5.41, 5.74) is 2.21. The van der Waals surface area contributed by atoms with Crippen LogP contribution in [0.3, 0.4) is 0 Å². The summed E-state index contributed by atoms with van der Waals surface area (Å²) in [6.07, 6.45) is 1.68. The third-order valence-corrected chi connectivity index (χ3v) is 5.22. The molecule has 1 fully saturated rings. The summed E-state index contributed by atoms with van der Waals surface area (Å²) in [7, 11) is 0. The molecule has 3 aromatic rings. The number of benzene rings is 2. The Labute approximate surface area is 182 Å². The van der Waals surface area contributed by atoms with Crippen molar-refractivity contribution in [2.75, 3.05) is 5.32 Å². The molecular weight excluding hydrogens is 422 g/mol. The number of anilines is 1. The normalized spacial score (nSPS) is 16.1. The van der Waals surface area contributed by atoms with Gasteiger partial charge < -0.3 is 15.1 Å². The Kier molecular flexibility index (Phi) is 5.74. The number of rotatable bonds is 4. The average molecular weight is 438 g/mol. The van der Waals surface area contributed by atoms with Crippen molar-refractivity contribution in [1.29, 1.82) is 0 Å². The number of halogens is 1. The summed E-state index contributed by atoms with van der Waals surface area (Å²) in [6, 6.07) is 18.0. The fourth-order valence-corrected chi connectivity index (χ4v) is 3.79. The summed E-state index contributed by atoms with van der Waals surface area (Å²) in [4.78, 5) is 28.3. The molecule has 0 aliphatic carbocycles. The highest BCUT2D eigenvalue weighted by molar-refractivity contribution is 8.18. The number of aliphatic imine (C=N–C) groups is 1. The molecule has 0 bridgehead atoms. The largest absolute Gasteiger partial charge is 0.457 e. The molecule has 1 aromatic heterocycles. The highest BCUT2D eigenvalue weighted by Gasteiger charge is 2.24. The smallest absolute Gasteiger partial charge is 0.264 e. The van der Waals surface area contributed by atoms with Gasteiger partial charge in [-0.1, -0.05) is 23.7 Å². The lowest BCUT2D eigenvalue weighted by atomic mass is 10.2. The number of nitrogens with one attached hydrogen (secondary N) is 2. The van der Waals surface area contributed by atoms with Gasteiger partial charge in [-0.25, -0.2) is 4.99 Å². The quantitative estimate of drug-likeness (QED) is 0.531. The molecule has 6 nitrogen and oxygen atoms in total. The third kappa shape index (κ3) is 4.82. The number of amidine groups is 1. The van der Waals surface area contributed by atoms with Crippen LogP contribution in [-0.4, -0.2) is 17.0 Å². The van der Waals surface area contributed by atoms with Gasteiger partial charge in [-0.2, -0.15) is 0 Å². The molecule has 0 unspecified atom stereocenters. The van der Waals surface area contributed by atoms with Crippen molar-refractivity contribution in [2.45, 2.75) is 6.92 Å². The van der Waals surface area contributed by atoms with Crippen LogP contribution in [0.5, 0.6) is 0 Å². The third-order valence-electron chi connectivity index (χ3n) is 4.08. The lowest BCUT2D eigenvalue weighted by molar-refractivity contribution is -0.115. The molecule has 2 aromatic carbocycles. The minimum atomic E-state index is -0.241. The lowest BCUT2D eigenvalue weighted by Crippen LogP contribution is -2.19. The van der Waals surface area contributed by atoms with E-state index in [4.69, 9.17) is 16.0 Å². The maximum Gasteiger partial charge on any atom is 0.264 e. The van der Waals surface area contributed by atoms with Gasteiger partial charge in [-0.05, 0) is 60.3 Å². The van der Waals surface area contributed by atoms with E-state index in [1.807, 2.05) is 24.3 Å². The number of amides is 2. The fourth-order valence-electron chi connectivity index (χ4n) is 2.78. The molecule has 2 N–H and O–H groups in total. The molecule has 8 heteroatoms. The van der Waals surface area contributed by atoms with Crippen molar-refractivity contribution >= 4 is 57.8 Å². The van der Waals surface area contributed by atoms with E-state index in [0.717, 1.165) is 5.56 Å². The molecule has 0 radical (unpaired) electrons. The zero-order valence-electron chi connectivity index (χ0n) is 15.8. The zero-order chi connectivity index (χ0) is 21.1. The number of carbonyl (C=O) groups is 2. The number of furan rings is 1. The molecule has 1 saturated heterocycles. The Morgan fingerprint density at radius 1 is 1.17 bits per heavy atom. The van der Waals surface area contributed by atoms with E-state index in [0.29, 0.717) is 38.0 Å². The molecule has 2 heterocycles. The first kappa shape index (κ1) is 20.0. The summed E-state index contributed by atoms with van der Waals surface area (Å²) in [5.74, 6) is 0.845. The van der Waals surface area contributed by atoms with Crippen molar-refractivity contribution in [3.05, 3.63) is 76.4 Å². The fraction of sp³-hybridized carbons (Fsp3) is 0.0455. The SMILES string of the molecule is CC(=O)Nc1ccc(N=C2NC(=O)/C(=C\c3ccc(-c4cccc(Cl)c4)o3)S2)cc1. The average Bonchev–Trinajstić information content (AvgIpc) is 3.30. The van der Waals surface area contributed by atoms with E-state index in [9.17, 15) is 9.59 Å². The van der Waals surface area contributed by atoms with Gasteiger partial charge in [0.15, 0.2) is 5.17 Å². The summed E-state index contributed by atoms with van der Waals surface area (Å²) >= 11 is 7.26. The zero-order valence-corrected chi connectivity index (χ0v) is 17.4. The Morgan fingerprint density at radius 3 is 2.70 bits per heavy atom. The molecule has 150 valence electrons. The van der Waals surface area contributed by atoms with Gasteiger partial charge in [0.2, 0.25) is 5.91 Å². The highest BCUT2D eigenvalue weighted by Crippen LogP contribution is 2.30. The molecule has 2 amide bonds. The highest BCUT2D eigenvalue weighted by atomic mass is 35.5. The molecule has 0 spiro atoms. The number of hydrogen-bond donors (Lipinski definition) is 2. The van der Waals surface area contributed by atoms with Gasteiger partial charge in [0.25, 0.3) is 5.91 Å². The van der Waals surface area contributed by atoms with Gasteiger partial charge in [0.1, 0.15) is 11.5 Å². The number of hydrogen-bond acceptors (Lipinski definition) is 5. The second-order valence-electron chi connectivity index (χ2n) is 6.42. The minimum Gasteiger partial charge on any atom is -0.457 e. The minimum absolute atomic E-state index is 0.140. The van der Waals surface area contributed by atoms with E-state index >= 15 is 0 Å². The Morgan fingerprint density at radius 2 is 1.97 bits per heavy atom. The van der Waals surface area contributed by atoms with Crippen LogP contribution in [0.15, 0.2) is 75.0 Å². The van der Waals surface area contributed by atoms with Crippen molar-refractivity contribution in [3.63, 3.8) is 0 Å². The predicted octanol–water partition coefficient (Wildman–Crippen LogP) is 5.45. The second-order valence-corrected chi connectivity index (χ2v) is 7.89. The van der Waals surface area contributed by atoms with Crippen LogP contribution in [-0.2, 0) is 9.59 Å². The lowest BCUT2D eigenvalue weighted by Gasteiger charge is -2.02. The standard InChI is InChI=1S/C22H16ClN3O3S/c1-13(27)24-16-5-7-17(8-6-16)25-22-26-21(28)20(30-22)12-18-9-10-19(29-18)14-3-2-4-15(23)11-14/h2-12H,1H3,(H,24,27)(H,25,26,28)/b20-12+. The van der Waals surface area contributed by atoms with E-state index in [2.05, 4.69) is 15.6 Å². The first-order valence-electron chi connectivity index (χ1n) is 8.99. The molecule has 1 aliphatic rings. The van der Waals surface area contributed by atoms with Crippen LogP contribution in [0.1, 0.15) is 12.7 Å². The maximum atomic E-state index is 12.3. The molecule has 4 rings (SSSR count). The summed E-state index contributed by atoms with van der Waals surface area (Å²) in [5, 5.41) is 6.53. The van der Waals surface area contributed by atoms with Crippen LogP contribution in [0.2, 0.25) is 5.02 Å². The molecule has 1 aliphatic heterocycles. The predicted molar refractivity (Wildman–Crippen MR) is 121 cm³/mol. The van der Waals surface area contributed by atoms with Gasteiger partial charge in [-0.15, -0.1) is 0 Å². The van der Waals surface area contributed by atoms with Crippen molar-refractivity contribution in [1.82, 2.24) is 5.32 Å². The van der Waals surface area contributed by atoms with E-state index < -0.39 is 0 Å². The maximum absolute atomic E-state index is 12.3. The molecule has 30 heavy (non-hydrogen) atoms. The van der Waals surface area contributed by atoms with E-state index in [1.54, 1.807) is 42.5 Å². The Hall–Kier alpha value is -3.29. The van der Waals surface area contributed by atoms with Gasteiger partial charge in [0, 0.05) is 29.3 Å². The van der Waals surface area contributed by atoms with Crippen LogP contribution >= 0.6 is 23.4 Å². The van der Waals surface area contributed by atoms with Crippen LogP contribution in [0, 0.1) is 0 Å². The van der Waals surface area contributed by atoms with Crippen LogP contribution in [0.25, 0.3) is 17.4 Å². The molecule has 0 atom stereocenters. The van der Waals surface area contributed by atoms with Crippen molar-refractivity contribution in [2.24, 2.45) is 4.99 Å². The second kappa shape index (κ2) is 8.61. The van der Waals surface area contributed by atoms with Gasteiger partial charge in [-0.3, -0.25) is 9.59 Å². The molecule has 0 saturated carbocycles. The first-order valence-corrected chi connectivity index (χ1v) is 10.2. The summed E-state index contributed by atoms with van der Waals surface area (Å²) in [6.45, 7) is 1.45. The van der Waals surface area contributed by atoms with Gasteiger partial charge >= 0.3 is 0 Å². The Bertz CT molecular complexity index is 1180. The summed E-state index contributed by atoms with van der Waals surface area (Å²) < 4.78 is 5.83. The van der Waals surface area contributed by atoms with Crippen LogP contribution in [0.4, 0.5) is 11.4 Å². The van der Waals surface area contributed by atoms with Crippen molar-refractivity contribution in [3.8, 4) is 11.3 Å². The monoisotopic (exact) mass is 437 g/mol. The first-order chi connectivity index (χ1) is 14.5. The Balaban J connectivity index is 1.49. The van der Waals surface area contributed by atoms with E-state index in [-0.39, 0.29) is 11.8 Å². The van der Waals surface area contributed by atoms with E-state index in [1.165, 1.54) is 18.7 Å². The topological polar surface area (TPSA) is 83.7 Å².